The summed E-state index contributed by atoms with van der Waals surface area (Å²) in [5.41, 5.74) is 1.31. The van der Waals surface area contributed by atoms with Crippen LogP contribution >= 0.6 is 0 Å². The Morgan fingerprint density at radius 3 is 2.75 bits per heavy atom. The zero-order chi connectivity index (χ0) is 14.4. The fourth-order valence-electron chi connectivity index (χ4n) is 3.23. The molecule has 1 aliphatic rings. The van der Waals surface area contributed by atoms with Gasteiger partial charge < -0.3 is 10.2 Å². The first-order valence-electron chi connectivity index (χ1n) is 8.13. The Morgan fingerprint density at radius 1 is 1.40 bits per heavy atom. The quantitative estimate of drug-likeness (QED) is 0.829. The number of piperidine rings is 1. The average Bonchev–Trinajstić information content (AvgIpc) is 2.85. The zero-order valence-corrected chi connectivity index (χ0v) is 13.3. The van der Waals surface area contributed by atoms with E-state index in [4.69, 9.17) is 0 Å². The number of nitrogens with zero attached hydrogens (tertiary/aromatic N) is 3. The maximum absolute atomic E-state index is 4.21. The third kappa shape index (κ3) is 4.32. The first kappa shape index (κ1) is 15.5. The van der Waals surface area contributed by atoms with Crippen LogP contribution in [0.2, 0.25) is 0 Å². The van der Waals surface area contributed by atoms with Crippen molar-refractivity contribution < 1.29 is 0 Å². The van der Waals surface area contributed by atoms with Gasteiger partial charge in [0, 0.05) is 37.9 Å². The number of likely N-dealkylation sites (tertiary alicyclic amines) is 1. The highest BCUT2D eigenvalue weighted by Crippen LogP contribution is 2.20. The summed E-state index contributed by atoms with van der Waals surface area (Å²) in [5.74, 6) is 0.842. The van der Waals surface area contributed by atoms with E-state index in [1.807, 2.05) is 17.9 Å². The van der Waals surface area contributed by atoms with Gasteiger partial charge in [-0.1, -0.05) is 6.92 Å². The third-order valence-electron chi connectivity index (χ3n) is 4.65. The molecule has 4 heteroatoms. The van der Waals surface area contributed by atoms with Gasteiger partial charge in [-0.3, -0.25) is 4.68 Å². The Labute approximate surface area is 123 Å². The second-order valence-corrected chi connectivity index (χ2v) is 6.12. The summed E-state index contributed by atoms with van der Waals surface area (Å²) in [6.45, 7) is 9.52. The van der Waals surface area contributed by atoms with Crippen LogP contribution in [0.25, 0.3) is 0 Å². The summed E-state index contributed by atoms with van der Waals surface area (Å²) in [6, 6.07) is 2.74. The number of hydrogen-bond donors (Lipinski definition) is 1. The summed E-state index contributed by atoms with van der Waals surface area (Å²) in [6.07, 6.45) is 6.92. The Morgan fingerprint density at radius 2 is 2.15 bits per heavy atom. The third-order valence-corrected chi connectivity index (χ3v) is 4.65. The molecule has 1 N–H and O–H groups in total. The highest BCUT2D eigenvalue weighted by atomic mass is 15.3. The van der Waals surface area contributed by atoms with Gasteiger partial charge in [0.15, 0.2) is 0 Å². The van der Waals surface area contributed by atoms with Gasteiger partial charge in [-0.25, -0.2) is 0 Å². The Bertz CT molecular complexity index is 380. The molecule has 1 saturated heterocycles. The minimum Gasteiger partial charge on any atom is -0.314 e. The fraction of sp³-hybridized carbons (Fsp3) is 0.812. The van der Waals surface area contributed by atoms with E-state index in [-0.39, 0.29) is 0 Å². The van der Waals surface area contributed by atoms with E-state index in [0.717, 1.165) is 18.9 Å². The molecule has 2 heterocycles. The van der Waals surface area contributed by atoms with E-state index in [2.05, 4.69) is 35.2 Å². The molecule has 20 heavy (non-hydrogen) atoms. The lowest BCUT2D eigenvalue weighted by molar-refractivity contribution is 0.163. The largest absolute Gasteiger partial charge is 0.314 e. The van der Waals surface area contributed by atoms with E-state index in [0.29, 0.717) is 6.04 Å². The van der Waals surface area contributed by atoms with Gasteiger partial charge in [-0.2, -0.15) is 5.10 Å². The van der Waals surface area contributed by atoms with Gasteiger partial charge in [0.1, 0.15) is 0 Å². The van der Waals surface area contributed by atoms with Crippen molar-refractivity contribution in [2.75, 3.05) is 26.2 Å². The molecule has 1 aromatic heterocycles. The van der Waals surface area contributed by atoms with E-state index in [9.17, 15) is 0 Å². The topological polar surface area (TPSA) is 33.1 Å². The number of nitrogens with one attached hydrogen (secondary N) is 1. The molecule has 0 aliphatic carbocycles. The molecule has 0 aromatic carbocycles. The zero-order valence-electron chi connectivity index (χ0n) is 13.3. The molecule has 1 fully saturated rings. The standard InChI is InChI=1S/C16H30N4/c1-4-11-20-12-7-15(8-13-20)14(2)17-9-5-16-6-10-18-19(16)3/h6,10,14-15,17H,4-5,7-9,11-13H2,1-3H3. The molecule has 1 atom stereocenters. The number of aromatic nitrogens is 2. The second kappa shape index (κ2) is 7.79. The van der Waals surface area contributed by atoms with Crippen LogP contribution in [-0.4, -0.2) is 46.9 Å². The van der Waals surface area contributed by atoms with Gasteiger partial charge in [0.05, 0.1) is 0 Å². The van der Waals surface area contributed by atoms with Crippen molar-refractivity contribution in [2.24, 2.45) is 13.0 Å². The minimum atomic E-state index is 0.631. The normalized spacial score (nSPS) is 19.4. The summed E-state index contributed by atoms with van der Waals surface area (Å²) in [5, 5.41) is 7.92. The SMILES string of the molecule is CCCN1CCC(C(C)NCCc2ccnn2C)CC1. The van der Waals surface area contributed by atoms with Gasteiger partial charge in [0.2, 0.25) is 0 Å². The van der Waals surface area contributed by atoms with Crippen LogP contribution in [0.5, 0.6) is 0 Å². The molecule has 0 spiro atoms. The van der Waals surface area contributed by atoms with E-state index in [1.54, 1.807) is 0 Å². The molecule has 2 rings (SSSR count). The maximum atomic E-state index is 4.21. The second-order valence-electron chi connectivity index (χ2n) is 6.12. The maximum Gasteiger partial charge on any atom is 0.0492 e. The molecule has 4 nitrogen and oxygen atoms in total. The van der Waals surface area contributed by atoms with Crippen LogP contribution in [0.3, 0.4) is 0 Å². The van der Waals surface area contributed by atoms with Crippen LogP contribution < -0.4 is 5.32 Å². The molecule has 0 amide bonds. The van der Waals surface area contributed by atoms with Gasteiger partial charge in [-0.05, 0) is 57.8 Å². The molecule has 1 aliphatic heterocycles. The van der Waals surface area contributed by atoms with Crippen LogP contribution in [0, 0.1) is 5.92 Å². The Kier molecular flexibility index (Phi) is 6.05. The molecule has 0 radical (unpaired) electrons. The van der Waals surface area contributed by atoms with Crippen molar-refractivity contribution in [2.45, 2.75) is 45.6 Å². The van der Waals surface area contributed by atoms with E-state index < -0.39 is 0 Å². The predicted octanol–water partition coefficient (Wildman–Crippen LogP) is 2.06. The van der Waals surface area contributed by atoms with E-state index >= 15 is 0 Å². The van der Waals surface area contributed by atoms with Crippen molar-refractivity contribution in [1.29, 1.82) is 0 Å². The first-order chi connectivity index (χ1) is 9.70. The number of rotatable bonds is 7. The average molecular weight is 278 g/mol. The van der Waals surface area contributed by atoms with Gasteiger partial charge in [0.25, 0.3) is 0 Å². The van der Waals surface area contributed by atoms with Crippen molar-refractivity contribution in [3.63, 3.8) is 0 Å². The van der Waals surface area contributed by atoms with Gasteiger partial charge >= 0.3 is 0 Å². The molecule has 1 unspecified atom stereocenters. The van der Waals surface area contributed by atoms with Crippen LogP contribution in [0.15, 0.2) is 12.3 Å². The van der Waals surface area contributed by atoms with Crippen molar-refractivity contribution in [1.82, 2.24) is 20.0 Å². The molecule has 0 bridgehead atoms. The molecule has 0 saturated carbocycles. The van der Waals surface area contributed by atoms with Crippen LogP contribution in [0.1, 0.15) is 38.8 Å². The smallest absolute Gasteiger partial charge is 0.0492 e. The summed E-state index contributed by atoms with van der Waals surface area (Å²) in [7, 11) is 2.02. The lowest BCUT2D eigenvalue weighted by Crippen LogP contribution is -2.42. The summed E-state index contributed by atoms with van der Waals surface area (Å²) < 4.78 is 1.97. The molecule has 1 aromatic rings. The lowest BCUT2D eigenvalue weighted by atomic mass is 9.90. The number of aryl methyl sites for hydroxylation is 1. The lowest BCUT2D eigenvalue weighted by Gasteiger charge is -2.35. The first-order valence-corrected chi connectivity index (χ1v) is 8.13. The Balaban J connectivity index is 1.65. The van der Waals surface area contributed by atoms with Gasteiger partial charge in [-0.15, -0.1) is 0 Å². The summed E-state index contributed by atoms with van der Waals surface area (Å²) in [4.78, 5) is 2.61. The monoisotopic (exact) mass is 278 g/mol. The highest BCUT2D eigenvalue weighted by molar-refractivity contribution is 5.00. The van der Waals surface area contributed by atoms with Crippen molar-refractivity contribution in [3.05, 3.63) is 18.0 Å². The summed E-state index contributed by atoms with van der Waals surface area (Å²) >= 11 is 0. The molecular weight excluding hydrogens is 248 g/mol. The van der Waals surface area contributed by atoms with Crippen molar-refractivity contribution >= 4 is 0 Å². The van der Waals surface area contributed by atoms with E-state index in [1.165, 1.54) is 44.6 Å². The fourth-order valence-corrected chi connectivity index (χ4v) is 3.23. The minimum absolute atomic E-state index is 0.631. The van der Waals surface area contributed by atoms with Crippen LogP contribution in [0.4, 0.5) is 0 Å². The van der Waals surface area contributed by atoms with Crippen molar-refractivity contribution in [3.8, 4) is 0 Å². The highest BCUT2D eigenvalue weighted by Gasteiger charge is 2.22. The predicted molar refractivity (Wildman–Crippen MR) is 83.8 cm³/mol. The molecule has 114 valence electrons. The van der Waals surface area contributed by atoms with Crippen LogP contribution in [-0.2, 0) is 13.5 Å². The Hall–Kier alpha value is -0.870. The number of hydrogen-bond acceptors (Lipinski definition) is 3. The molecular formula is C16H30N4.